The summed E-state index contributed by atoms with van der Waals surface area (Å²) in [5.41, 5.74) is -0.519. The van der Waals surface area contributed by atoms with Gasteiger partial charge in [0.15, 0.2) is 0 Å². The highest BCUT2D eigenvalue weighted by Gasteiger charge is 2.37. The monoisotopic (exact) mass is 299 g/mol. The van der Waals surface area contributed by atoms with Gasteiger partial charge in [0.2, 0.25) is 0 Å². The first-order chi connectivity index (χ1) is 9.26. The number of ether oxygens (including phenoxy) is 1. The molecule has 0 radical (unpaired) electrons. The molecule has 1 aromatic heterocycles. The van der Waals surface area contributed by atoms with Crippen LogP contribution in [0.5, 0.6) is 0 Å². The van der Waals surface area contributed by atoms with Crippen LogP contribution in [0.3, 0.4) is 0 Å². The average molecular weight is 299 g/mol. The van der Waals surface area contributed by atoms with Gasteiger partial charge in [-0.2, -0.15) is 0 Å². The zero-order chi connectivity index (χ0) is 14.9. The lowest BCUT2D eigenvalue weighted by Crippen LogP contribution is -2.35. The van der Waals surface area contributed by atoms with Crippen molar-refractivity contribution in [2.24, 2.45) is 0 Å². The number of β-amino-alcohol motifs (C(OH)–C–C–N with tert-alkyl or cyclic N) is 1. The third-order valence-corrected chi connectivity index (χ3v) is 4.42. The fourth-order valence-corrected chi connectivity index (χ4v) is 3.18. The number of amides is 1. The van der Waals surface area contributed by atoms with E-state index in [1.807, 2.05) is 33.8 Å². The number of carbonyl (C=O) groups excluding carboxylic acids is 1. The Labute approximate surface area is 123 Å². The highest BCUT2D eigenvalue weighted by atomic mass is 32.2. The van der Waals surface area contributed by atoms with Gasteiger partial charge in [0.1, 0.15) is 11.4 Å². The summed E-state index contributed by atoms with van der Waals surface area (Å²) < 4.78 is 10.6. The Kier molecular flexibility index (Phi) is 4.34. The van der Waals surface area contributed by atoms with Crippen molar-refractivity contribution in [1.29, 1.82) is 0 Å². The van der Waals surface area contributed by atoms with Crippen LogP contribution in [-0.4, -0.2) is 46.1 Å². The van der Waals surface area contributed by atoms with Gasteiger partial charge in [-0.3, -0.25) is 0 Å². The van der Waals surface area contributed by atoms with Crippen LogP contribution in [0.25, 0.3) is 0 Å². The van der Waals surface area contributed by atoms with Crippen LogP contribution in [0.4, 0.5) is 4.79 Å². The van der Waals surface area contributed by atoms with Crippen molar-refractivity contribution in [3.05, 3.63) is 18.1 Å². The molecule has 2 atom stereocenters. The third-order valence-electron chi connectivity index (χ3n) is 2.98. The van der Waals surface area contributed by atoms with E-state index < -0.39 is 11.7 Å². The minimum atomic E-state index is -0.554. The molecule has 1 aromatic rings. The van der Waals surface area contributed by atoms with Crippen LogP contribution in [-0.2, 0) is 4.74 Å². The average Bonchev–Trinajstić information content (AvgIpc) is 2.86. The molecule has 20 heavy (non-hydrogen) atoms. The molecule has 0 aliphatic carbocycles. The molecule has 112 valence electrons. The molecule has 0 aromatic carbocycles. The summed E-state index contributed by atoms with van der Waals surface area (Å²) in [5, 5.41) is 10.0. The van der Waals surface area contributed by atoms with E-state index in [2.05, 4.69) is 0 Å². The van der Waals surface area contributed by atoms with Gasteiger partial charge in [0.25, 0.3) is 0 Å². The third kappa shape index (κ3) is 3.70. The van der Waals surface area contributed by atoms with E-state index in [0.29, 0.717) is 13.1 Å². The number of nitrogens with zero attached hydrogens (tertiary/aromatic N) is 1. The Morgan fingerprint density at radius 2 is 2.20 bits per heavy atom. The number of rotatable bonds is 2. The van der Waals surface area contributed by atoms with Crippen molar-refractivity contribution in [1.82, 2.24) is 4.90 Å². The minimum absolute atomic E-state index is 0.0566. The standard InChI is InChI=1S/C14H21NO4S/c1-9-11(5-6-18-9)20-12-8-15(7-10(12)16)13(17)19-14(2,3)4/h5-6,10,12,16H,7-8H2,1-4H3/t10-,12-/m1/s1. The normalized spacial score (nSPS) is 23.1. The molecule has 0 unspecified atom stereocenters. The molecule has 1 amide bonds. The zero-order valence-corrected chi connectivity index (χ0v) is 13.1. The number of hydrogen-bond acceptors (Lipinski definition) is 5. The molecule has 1 saturated heterocycles. The highest BCUT2D eigenvalue weighted by Crippen LogP contribution is 2.33. The molecule has 2 heterocycles. The van der Waals surface area contributed by atoms with E-state index in [-0.39, 0.29) is 11.3 Å². The van der Waals surface area contributed by atoms with E-state index >= 15 is 0 Å². The van der Waals surface area contributed by atoms with Gasteiger partial charge in [-0.25, -0.2) is 4.79 Å². The Bertz CT molecular complexity index is 480. The molecular weight excluding hydrogens is 278 g/mol. The lowest BCUT2D eigenvalue weighted by Gasteiger charge is -2.24. The maximum atomic E-state index is 12.0. The van der Waals surface area contributed by atoms with E-state index in [0.717, 1.165) is 10.7 Å². The van der Waals surface area contributed by atoms with Gasteiger partial charge in [-0.1, -0.05) is 0 Å². The van der Waals surface area contributed by atoms with Crippen LogP contribution in [0.15, 0.2) is 21.6 Å². The van der Waals surface area contributed by atoms with E-state index in [1.54, 1.807) is 11.2 Å². The molecule has 0 spiro atoms. The fourth-order valence-electron chi connectivity index (χ4n) is 2.01. The number of aliphatic hydroxyl groups excluding tert-OH is 1. The SMILES string of the molecule is Cc1occc1S[C@@H]1CN(C(=O)OC(C)(C)C)C[C@H]1O. The Morgan fingerprint density at radius 1 is 1.50 bits per heavy atom. The summed E-state index contributed by atoms with van der Waals surface area (Å²) in [5.74, 6) is 0.831. The van der Waals surface area contributed by atoms with Crippen LogP contribution in [0, 0.1) is 6.92 Å². The maximum absolute atomic E-state index is 12.0. The van der Waals surface area contributed by atoms with Crippen LogP contribution < -0.4 is 0 Å². The van der Waals surface area contributed by atoms with Gasteiger partial charge < -0.3 is 19.2 Å². The van der Waals surface area contributed by atoms with E-state index in [9.17, 15) is 9.90 Å². The van der Waals surface area contributed by atoms with Gasteiger partial charge >= 0.3 is 6.09 Å². The number of likely N-dealkylation sites (tertiary alicyclic amines) is 1. The summed E-state index contributed by atoms with van der Waals surface area (Å²) in [6, 6.07) is 1.88. The molecular formula is C14H21NO4S. The highest BCUT2D eigenvalue weighted by molar-refractivity contribution is 8.00. The number of furan rings is 1. The van der Waals surface area contributed by atoms with Gasteiger partial charge in [-0.05, 0) is 33.8 Å². The van der Waals surface area contributed by atoms with Crippen molar-refractivity contribution < 1.29 is 19.1 Å². The summed E-state index contributed by atoms with van der Waals surface area (Å²) in [7, 11) is 0. The van der Waals surface area contributed by atoms with Crippen molar-refractivity contribution in [2.45, 2.75) is 49.5 Å². The van der Waals surface area contributed by atoms with Crippen molar-refractivity contribution in [3.8, 4) is 0 Å². The predicted octanol–water partition coefficient (Wildman–Crippen LogP) is 2.66. The molecule has 0 saturated carbocycles. The zero-order valence-electron chi connectivity index (χ0n) is 12.3. The maximum Gasteiger partial charge on any atom is 0.410 e. The molecule has 1 N–H and O–H groups in total. The second-order valence-corrected chi connectivity index (χ2v) is 7.23. The molecule has 6 heteroatoms. The molecule has 0 bridgehead atoms. The number of aryl methyl sites for hydroxylation is 1. The lowest BCUT2D eigenvalue weighted by atomic mass is 10.2. The quantitative estimate of drug-likeness (QED) is 0.909. The van der Waals surface area contributed by atoms with Gasteiger partial charge in [-0.15, -0.1) is 11.8 Å². The van der Waals surface area contributed by atoms with E-state index in [1.165, 1.54) is 11.8 Å². The molecule has 5 nitrogen and oxygen atoms in total. The first-order valence-corrected chi connectivity index (χ1v) is 7.51. The largest absolute Gasteiger partial charge is 0.468 e. The predicted molar refractivity (Wildman–Crippen MR) is 76.9 cm³/mol. The topological polar surface area (TPSA) is 62.9 Å². The minimum Gasteiger partial charge on any atom is -0.468 e. The summed E-state index contributed by atoms with van der Waals surface area (Å²) >= 11 is 1.54. The number of carbonyl (C=O) groups is 1. The summed E-state index contributed by atoms with van der Waals surface area (Å²) in [6.45, 7) is 8.17. The number of aliphatic hydroxyl groups is 1. The molecule has 1 aliphatic rings. The lowest BCUT2D eigenvalue weighted by molar-refractivity contribution is 0.0270. The van der Waals surface area contributed by atoms with Crippen molar-refractivity contribution >= 4 is 17.9 Å². The first kappa shape index (κ1) is 15.3. The van der Waals surface area contributed by atoms with Crippen molar-refractivity contribution in [3.63, 3.8) is 0 Å². The fraction of sp³-hybridized carbons (Fsp3) is 0.643. The Morgan fingerprint density at radius 3 is 2.75 bits per heavy atom. The summed E-state index contributed by atoms with van der Waals surface area (Å²) in [4.78, 5) is 14.5. The van der Waals surface area contributed by atoms with Crippen LogP contribution in [0.1, 0.15) is 26.5 Å². The second kappa shape index (κ2) is 5.69. The van der Waals surface area contributed by atoms with Crippen molar-refractivity contribution in [2.75, 3.05) is 13.1 Å². The van der Waals surface area contributed by atoms with Gasteiger partial charge in [0, 0.05) is 11.4 Å². The molecule has 2 rings (SSSR count). The first-order valence-electron chi connectivity index (χ1n) is 6.63. The van der Waals surface area contributed by atoms with Gasteiger partial charge in [0.05, 0.1) is 24.2 Å². The summed E-state index contributed by atoms with van der Waals surface area (Å²) in [6.07, 6.45) is 0.704. The van der Waals surface area contributed by atoms with Crippen LogP contribution in [0.2, 0.25) is 0 Å². The Hall–Kier alpha value is -1.14. The number of thioether (sulfide) groups is 1. The molecule has 1 fully saturated rings. The second-order valence-electron chi connectivity index (χ2n) is 5.95. The number of hydrogen-bond donors (Lipinski definition) is 1. The van der Waals surface area contributed by atoms with E-state index in [4.69, 9.17) is 9.15 Å². The Balaban J connectivity index is 1.95. The van der Waals surface area contributed by atoms with Crippen LogP contribution >= 0.6 is 11.8 Å². The smallest absolute Gasteiger partial charge is 0.410 e. The molecule has 1 aliphatic heterocycles.